The molecule has 1 aliphatic heterocycles. The maximum atomic E-state index is 12.8. The number of β-lactam (4-membered cyclic amide) rings is 1. The number of amides is 2. The maximum absolute atomic E-state index is 12.8. The predicted octanol–water partition coefficient (Wildman–Crippen LogP) is 2.88. The van der Waals surface area contributed by atoms with E-state index in [1.165, 1.54) is 4.90 Å². The molecule has 2 aromatic carbocycles. The van der Waals surface area contributed by atoms with E-state index in [0.29, 0.717) is 17.9 Å². The number of carbonyl (C=O) groups is 2. The van der Waals surface area contributed by atoms with Crippen LogP contribution in [-0.4, -0.2) is 48.4 Å². The Morgan fingerprint density at radius 2 is 1.70 bits per heavy atom. The summed E-state index contributed by atoms with van der Waals surface area (Å²) in [6.07, 6.45) is -1.32. The SMILES string of the molecule is CCOC(C)O[C@H]1C(=O)N(C(=O)c2ccccc2)[C@H]1COc1ccccc1. The minimum atomic E-state index is -0.775. The molecule has 1 unspecified atom stereocenters. The van der Waals surface area contributed by atoms with E-state index < -0.39 is 18.4 Å². The van der Waals surface area contributed by atoms with Gasteiger partial charge in [0.2, 0.25) is 0 Å². The van der Waals surface area contributed by atoms with E-state index in [2.05, 4.69) is 0 Å². The van der Waals surface area contributed by atoms with Gasteiger partial charge in [0, 0.05) is 12.2 Å². The standard InChI is InChI=1S/C21H23NO5/c1-3-25-15(2)27-19-18(14-26-17-12-8-5-9-13-17)22(21(19)24)20(23)16-10-6-4-7-11-16/h4-13,15,18-19H,3,14H2,1-2H3/t15?,18-,19+/m0/s1. The molecule has 2 amide bonds. The first-order valence-corrected chi connectivity index (χ1v) is 8.99. The van der Waals surface area contributed by atoms with Crippen LogP contribution in [0.1, 0.15) is 24.2 Å². The van der Waals surface area contributed by atoms with Crippen molar-refractivity contribution < 1.29 is 23.8 Å². The summed E-state index contributed by atoms with van der Waals surface area (Å²) in [5.41, 5.74) is 0.451. The number of ether oxygens (including phenoxy) is 3. The number of rotatable bonds is 8. The molecule has 0 saturated carbocycles. The Morgan fingerprint density at radius 1 is 1.07 bits per heavy atom. The van der Waals surface area contributed by atoms with Gasteiger partial charge in [-0.05, 0) is 38.1 Å². The lowest BCUT2D eigenvalue weighted by Gasteiger charge is -2.45. The zero-order valence-corrected chi connectivity index (χ0v) is 15.4. The van der Waals surface area contributed by atoms with Crippen LogP contribution in [0.4, 0.5) is 0 Å². The first kappa shape index (κ1) is 19.1. The van der Waals surface area contributed by atoms with Gasteiger partial charge in [-0.2, -0.15) is 0 Å². The van der Waals surface area contributed by atoms with Gasteiger partial charge in [-0.3, -0.25) is 14.5 Å². The van der Waals surface area contributed by atoms with Crippen molar-refractivity contribution in [2.75, 3.05) is 13.2 Å². The zero-order chi connectivity index (χ0) is 19.2. The first-order valence-electron chi connectivity index (χ1n) is 8.99. The minimum absolute atomic E-state index is 0.151. The second-order valence-electron chi connectivity index (χ2n) is 6.15. The average molecular weight is 369 g/mol. The van der Waals surface area contributed by atoms with Gasteiger partial charge < -0.3 is 14.2 Å². The molecule has 6 nitrogen and oxygen atoms in total. The highest BCUT2D eigenvalue weighted by Gasteiger charge is 2.53. The molecule has 1 fully saturated rings. The molecule has 0 N–H and O–H groups in total. The van der Waals surface area contributed by atoms with Crippen LogP contribution in [0.2, 0.25) is 0 Å². The largest absolute Gasteiger partial charge is 0.491 e. The minimum Gasteiger partial charge on any atom is -0.491 e. The quantitative estimate of drug-likeness (QED) is 0.407. The lowest BCUT2D eigenvalue weighted by Crippen LogP contribution is -2.70. The fourth-order valence-corrected chi connectivity index (χ4v) is 2.98. The summed E-state index contributed by atoms with van der Waals surface area (Å²) in [5, 5.41) is 0. The molecule has 1 saturated heterocycles. The molecular formula is C21H23NO5. The van der Waals surface area contributed by atoms with E-state index in [0.717, 1.165) is 0 Å². The summed E-state index contributed by atoms with van der Waals surface area (Å²) in [5.74, 6) is -0.0659. The summed E-state index contributed by atoms with van der Waals surface area (Å²) in [6, 6.07) is 17.4. The van der Waals surface area contributed by atoms with Gasteiger partial charge in [-0.25, -0.2) is 0 Å². The molecule has 6 heteroatoms. The van der Waals surface area contributed by atoms with E-state index >= 15 is 0 Å². The van der Waals surface area contributed by atoms with Crippen molar-refractivity contribution in [3.63, 3.8) is 0 Å². The van der Waals surface area contributed by atoms with E-state index in [1.54, 1.807) is 31.2 Å². The molecule has 0 radical (unpaired) electrons. The van der Waals surface area contributed by atoms with Crippen LogP contribution in [0.15, 0.2) is 60.7 Å². The summed E-state index contributed by atoms with van der Waals surface area (Å²) in [6.45, 7) is 4.20. The van der Waals surface area contributed by atoms with Gasteiger partial charge >= 0.3 is 0 Å². The first-order chi connectivity index (χ1) is 13.1. The van der Waals surface area contributed by atoms with Crippen LogP contribution >= 0.6 is 0 Å². The fraction of sp³-hybridized carbons (Fsp3) is 0.333. The number of imide groups is 1. The lowest BCUT2D eigenvalue weighted by atomic mass is 9.96. The smallest absolute Gasteiger partial charge is 0.261 e. The van der Waals surface area contributed by atoms with E-state index in [-0.39, 0.29) is 18.4 Å². The molecule has 27 heavy (non-hydrogen) atoms. The van der Waals surface area contributed by atoms with Gasteiger partial charge in [0.1, 0.15) is 18.4 Å². The highest BCUT2D eigenvalue weighted by molar-refractivity contribution is 6.10. The van der Waals surface area contributed by atoms with Crippen LogP contribution in [0.25, 0.3) is 0 Å². The Hall–Kier alpha value is -2.70. The second kappa shape index (κ2) is 8.79. The molecule has 3 rings (SSSR count). The molecule has 0 spiro atoms. The second-order valence-corrected chi connectivity index (χ2v) is 6.15. The number of carbonyl (C=O) groups excluding carboxylic acids is 2. The average Bonchev–Trinajstić information content (AvgIpc) is 2.70. The number of benzene rings is 2. The summed E-state index contributed by atoms with van der Waals surface area (Å²) >= 11 is 0. The Labute approximate surface area is 158 Å². The molecule has 1 aliphatic rings. The van der Waals surface area contributed by atoms with Gasteiger partial charge in [-0.15, -0.1) is 0 Å². The summed E-state index contributed by atoms with van der Waals surface area (Å²) in [7, 11) is 0. The molecule has 0 aliphatic carbocycles. The third-order valence-electron chi connectivity index (χ3n) is 4.31. The maximum Gasteiger partial charge on any atom is 0.261 e. The number of hydrogen-bond acceptors (Lipinski definition) is 5. The molecule has 2 aromatic rings. The Balaban J connectivity index is 1.74. The van der Waals surface area contributed by atoms with Crippen LogP contribution in [-0.2, 0) is 14.3 Å². The Kier molecular flexibility index (Phi) is 6.21. The number of para-hydroxylation sites is 1. The van der Waals surface area contributed by atoms with Crippen molar-refractivity contribution in [3.8, 4) is 5.75 Å². The number of hydrogen-bond donors (Lipinski definition) is 0. The highest BCUT2D eigenvalue weighted by Crippen LogP contribution is 2.28. The summed E-state index contributed by atoms with van der Waals surface area (Å²) in [4.78, 5) is 26.6. The number of nitrogens with zero attached hydrogens (tertiary/aromatic N) is 1. The number of likely N-dealkylation sites (tertiary alicyclic amines) is 1. The molecule has 142 valence electrons. The van der Waals surface area contributed by atoms with E-state index in [9.17, 15) is 9.59 Å². The van der Waals surface area contributed by atoms with E-state index in [1.807, 2.05) is 43.3 Å². The Bertz CT molecular complexity index is 765. The van der Waals surface area contributed by atoms with Gasteiger partial charge in [0.05, 0.1) is 0 Å². The van der Waals surface area contributed by atoms with E-state index in [4.69, 9.17) is 14.2 Å². The molecule has 3 atom stereocenters. The van der Waals surface area contributed by atoms with Crippen molar-refractivity contribution in [2.24, 2.45) is 0 Å². The predicted molar refractivity (Wildman–Crippen MR) is 99.3 cm³/mol. The normalized spacial score (nSPS) is 20.1. The van der Waals surface area contributed by atoms with Crippen LogP contribution in [0.5, 0.6) is 5.75 Å². The van der Waals surface area contributed by atoms with Crippen molar-refractivity contribution in [1.82, 2.24) is 4.90 Å². The third kappa shape index (κ3) is 4.35. The van der Waals surface area contributed by atoms with Crippen molar-refractivity contribution in [2.45, 2.75) is 32.3 Å². The molecule has 1 heterocycles. The third-order valence-corrected chi connectivity index (χ3v) is 4.31. The topological polar surface area (TPSA) is 65.1 Å². The molecule has 0 aromatic heterocycles. The highest BCUT2D eigenvalue weighted by atomic mass is 16.7. The van der Waals surface area contributed by atoms with Crippen LogP contribution < -0.4 is 4.74 Å². The Morgan fingerprint density at radius 3 is 2.33 bits per heavy atom. The molecule has 0 bridgehead atoms. The lowest BCUT2D eigenvalue weighted by molar-refractivity contribution is -0.210. The van der Waals surface area contributed by atoms with Crippen LogP contribution in [0.3, 0.4) is 0 Å². The van der Waals surface area contributed by atoms with Gasteiger partial charge in [-0.1, -0.05) is 36.4 Å². The molecular weight excluding hydrogens is 346 g/mol. The van der Waals surface area contributed by atoms with Crippen LogP contribution in [0, 0.1) is 0 Å². The van der Waals surface area contributed by atoms with Gasteiger partial charge in [0.15, 0.2) is 12.4 Å². The zero-order valence-electron chi connectivity index (χ0n) is 15.4. The monoisotopic (exact) mass is 369 g/mol. The van der Waals surface area contributed by atoms with Crippen molar-refractivity contribution in [3.05, 3.63) is 66.2 Å². The van der Waals surface area contributed by atoms with Gasteiger partial charge in [0.25, 0.3) is 11.8 Å². The van der Waals surface area contributed by atoms with Crippen molar-refractivity contribution >= 4 is 11.8 Å². The fourth-order valence-electron chi connectivity index (χ4n) is 2.98. The summed E-state index contributed by atoms with van der Waals surface area (Å²) < 4.78 is 16.9. The van der Waals surface area contributed by atoms with Crippen molar-refractivity contribution in [1.29, 1.82) is 0 Å².